The Bertz CT molecular complexity index is 342. The molecule has 0 bridgehead atoms. The van der Waals surface area contributed by atoms with Crippen LogP contribution in [0.2, 0.25) is 0 Å². The summed E-state index contributed by atoms with van der Waals surface area (Å²) in [6.07, 6.45) is -1.29. The number of aliphatic carboxylic acids is 1. The SMILES string of the molecule is COCCC1(C(=O)O)CCN(C(=O)O)C(=O)C1. The standard InChI is InChI=1S/C10H15NO6/c1-17-5-3-10(8(13)14)2-4-11(9(15)16)7(12)6-10/h2-6H2,1H3,(H,13,14)(H,15,16). The van der Waals surface area contributed by atoms with Crippen molar-refractivity contribution < 1.29 is 29.3 Å². The van der Waals surface area contributed by atoms with E-state index in [1.54, 1.807) is 0 Å². The van der Waals surface area contributed by atoms with Gasteiger partial charge in [-0.15, -0.1) is 0 Å². The third kappa shape index (κ3) is 2.73. The summed E-state index contributed by atoms with van der Waals surface area (Å²) in [5, 5.41) is 17.9. The number of likely N-dealkylation sites (tertiary alicyclic amines) is 1. The molecule has 2 N–H and O–H groups in total. The minimum absolute atomic E-state index is 0.0792. The van der Waals surface area contributed by atoms with Crippen LogP contribution in [0, 0.1) is 5.41 Å². The van der Waals surface area contributed by atoms with E-state index >= 15 is 0 Å². The lowest BCUT2D eigenvalue weighted by atomic mass is 9.75. The van der Waals surface area contributed by atoms with Crippen LogP contribution in [-0.4, -0.2) is 53.3 Å². The predicted molar refractivity (Wildman–Crippen MR) is 55.5 cm³/mol. The van der Waals surface area contributed by atoms with Crippen molar-refractivity contribution in [3.63, 3.8) is 0 Å². The molecule has 0 spiro atoms. The van der Waals surface area contributed by atoms with Crippen LogP contribution in [0.3, 0.4) is 0 Å². The van der Waals surface area contributed by atoms with Crippen LogP contribution < -0.4 is 0 Å². The van der Waals surface area contributed by atoms with E-state index in [0.717, 1.165) is 0 Å². The molecule has 17 heavy (non-hydrogen) atoms. The summed E-state index contributed by atoms with van der Waals surface area (Å²) >= 11 is 0. The lowest BCUT2D eigenvalue weighted by Crippen LogP contribution is -2.49. The van der Waals surface area contributed by atoms with Gasteiger partial charge in [-0.1, -0.05) is 0 Å². The summed E-state index contributed by atoms with van der Waals surface area (Å²) in [4.78, 5) is 34.1. The number of hydrogen-bond acceptors (Lipinski definition) is 4. The molecule has 2 amide bonds. The molecule has 1 heterocycles. The molecular formula is C10H15NO6. The third-order valence-corrected chi connectivity index (χ3v) is 3.07. The fourth-order valence-corrected chi connectivity index (χ4v) is 1.93. The minimum atomic E-state index is -1.33. The highest BCUT2D eigenvalue weighted by Gasteiger charge is 2.46. The van der Waals surface area contributed by atoms with Crippen molar-refractivity contribution in [2.75, 3.05) is 20.3 Å². The van der Waals surface area contributed by atoms with E-state index in [0.29, 0.717) is 4.90 Å². The van der Waals surface area contributed by atoms with Gasteiger partial charge >= 0.3 is 12.1 Å². The predicted octanol–water partition coefficient (Wildman–Crippen LogP) is 0.394. The van der Waals surface area contributed by atoms with Crippen molar-refractivity contribution in [2.45, 2.75) is 19.3 Å². The zero-order valence-corrected chi connectivity index (χ0v) is 9.51. The van der Waals surface area contributed by atoms with Crippen LogP contribution in [0.4, 0.5) is 4.79 Å². The molecule has 7 heteroatoms. The molecule has 96 valence electrons. The molecule has 1 atom stereocenters. The molecule has 1 saturated heterocycles. The van der Waals surface area contributed by atoms with E-state index in [4.69, 9.17) is 9.84 Å². The van der Waals surface area contributed by atoms with Gasteiger partial charge in [-0.05, 0) is 12.8 Å². The second kappa shape index (κ2) is 5.13. The molecule has 1 unspecified atom stereocenters. The Morgan fingerprint density at radius 1 is 1.47 bits per heavy atom. The first kappa shape index (κ1) is 13.4. The number of carbonyl (C=O) groups excluding carboxylic acids is 1. The maximum atomic E-state index is 11.6. The Kier molecular flexibility index (Phi) is 4.06. The van der Waals surface area contributed by atoms with E-state index in [-0.39, 0.29) is 32.4 Å². The number of methoxy groups -OCH3 is 1. The second-order valence-electron chi connectivity index (χ2n) is 4.08. The van der Waals surface area contributed by atoms with Crippen molar-refractivity contribution in [3.05, 3.63) is 0 Å². The average molecular weight is 245 g/mol. The number of rotatable bonds is 4. The second-order valence-corrected chi connectivity index (χ2v) is 4.08. The van der Waals surface area contributed by atoms with Crippen molar-refractivity contribution in [3.8, 4) is 0 Å². The number of hydrogen-bond donors (Lipinski definition) is 2. The molecule has 1 fully saturated rings. The Morgan fingerprint density at radius 3 is 2.53 bits per heavy atom. The smallest absolute Gasteiger partial charge is 0.414 e. The zero-order chi connectivity index (χ0) is 13.1. The molecule has 1 aliphatic rings. The van der Waals surface area contributed by atoms with Gasteiger partial charge in [0.15, 0.2) is 0 Å². The van der Waals surface area contributed by atoms with Gasteiger partial charge in [0.2, 0.25) is 5.91 Å². The summed E-state index contributed by atoms with van der Waals surface area (Å²) in [7, 11) is 1.45. The normalized spacial score (nSPS) is 24.8. The Hall–Kier alpha value is -1.63. The van der Waals surface area contributed by atoms with Gasteiger partial charge in [0.25, 0.3) is 0 Å². The van der Waals surface area contributed by atoms with Crippen LogP contribution >= 0.6 is 0 Å². The summed E-state index contributed by atoms with van der Waals surface area (Å²) in [5.41, 5.74) is -1.20. The summed E-state index contributed by atoms with van der Waals surface area (Å²) in [6, 6.07) is 0. The molecule has 0 aromatic heterocycles. The Morgan fingerprint density at radius 2 is 2.12 bits per heavy atom. The van der Waals surface area contributed by atoms with E-state index in [9.17, 15) is 19.5 Å². The lowest BCUT2D eigenvalue weighted by Gasteiger charge is -2.36. The molecule has 0 radical (unpaired) electrons. The van der Waals surface area contributed by atoms with Gasteiger partial charge in [0, 0.05) is 26.7 Å². The van der Waals surface area contributed by atoms with Gasteiger partial charge in [-0.2, -0.15) is 0 Å². The molecule has 0 aliphatic carbocycles. The van der Waals surface area contributed by atoms with Gasteiger partial charge in [0.05, 0.1) is 5.41 Å². The fourth-order valence-electron chi connectivity index (χ4n) is 1.93. The monoisotopic (exact) mass is 245 g/mol. The fraction of sp³-hybridized carbons (Fsp3) is 0.700. The van der Waals surface area contributed by atoms with E-state index in [1.807, 2.05) is 0 Å². The highest BCUT2D eigenvalue weighted by atomic mass is 16.5. The first-order valence-electron chi connectivity index (χ1n) is 5.18. The minimum Gasteiger partial charge on any atom is -0.481 e. The zero-order valence-electron chi connectivity index (χ0n) is 9.51. The maximum Gasteiger partial charge on any atom is 0.414 e. The van der Waals surface area contributed by atoms with E-state index in [2.05, 4.69) is 0 Å². The van der Waals surface area contributed by atoms with E-state index in [1.165, 1.54) is 7.11 Å². The van der Waals surface area contributed by atoms with Crippen LogP contribution in [0.1, 0.15) is 19.3 Å². The topological polar surface area (TPSA) is 104 Å². The van der Waals surface area contributed by atoms with Crippen molar-refractivity contribution >= 4 is 18.0 Å². The molecule has 7 nitrogen and oxygen atoms in total. The van der Waals surface area contributed by atoms with Crippen molar-refractivity contribution in [1.82, 2.24) is 4.90 Å². The Balaban J connectivity index is 2.80. The summed E-state index contributed by atoms with van der Waals surface area (Å²) in [5.74, 6) is -1.74. The highest BCUT2D eigenvalue weighted by molar-refractivity contribution is 5.95. The van der Waals surface area contributed by atoms with Gasteiger partial charge in [-0.25, -0.2) is 9.69 Å². The van der Waals surface area contributed by atoms with E-state index < -0.39 is 23.4 Å². The largest absolute Gasteiger partial charge is 0.481 e. The van der Waals surface area contributed by atoms with Gasteiger partial charge in [0.1, 0.15) is 0 Å². The van der Waals surface area contributed by atoms with Crippen LogP contribution in [-0.2, 0) is 14.3 Å². The van der Waals surface area contributed by atoms with Crippen LogP contribution in [0.25, 0.3) is 0 Å². The Labute approximate surface area is 98.0 Å². The average Bonchev–Trinajstić information content (AvgIpc) is 2.25. The molecule has 1 aliphatic heterocycles. The van der Waals surface area contributed by atoms with Crippen molar-refractivity contribution in [1.29, 1.82) is 0 Å². The summed E-state index contributed by atoms with van der Waals surface area (Å²) in [6.45, 7) is 0.150. The number of ether oxygens (including phenoxy) is 1. The first-order valence-corrected chi connectivity index (χ1v) is 5.18. The number of carboxylic acid groups (broad SMARTS) is 2. The number of imide groups is 1. The third-order valence-electron chi connectivity index (χ3n) is 3.07. The molecule has 0 aromatic rings. The van der Waals surface area contributed by atoms with Gasteiger partial charge in [-0.3, -0.25) is 9.59 Å². The number of nitrogens with zero attached hydrogens (tertiary/aromatic N) is 1. The molecule has 0 saturated carbocycles. The highest BCUT2D eigenvalue weighted by Crippen LogP contribution is 2.36. The number of carbonyl (C=O) groups is 3. The summed E-state index contributed by atoms with van der Waals surface area (Å²) < 4.78 is 4.82. The van der Waals surface area contributed by atoms with Crippen molar-refractivity contribution in [2.24, 2.45) is 5.41 Å². The molecule has 1 rings (SSSR count). The molecule has 0 aromatic carbocycles. The quantitative estimate of drug-likeness (QED) is 0.742. The number of piperidine rings is 1. The van der Waals surface area contributed by atoms with Crippen LogP contribution in [0.5, 0.6) is 0 Å². The molecular weight excluding hydrogens is 230 g/mol. The first-order chi connectivity index (χ1) is 7.93. The number of amides is 2. The van der Waals surface area contributed by atoms with Gasteiger partial charge < -0.3 is 14.9 Å². The number of carboxylic acids is 1. The lowest BCUT2D eigenvalue weighted by molar-refractivity contribution is -0.159. The van der Waals surface area contributed by atoms with Crippen LogP contribution in [0.15, 0.2) is 0 Å². The maximum absolute atomic E-state index is 11.6.